The molecule has 2 nitrogen and oxygen atoms in total. The minimum absolute atomic E-state index is 0. The molecule has 34 heavy (non-hydrogen) atoms. The molecule has 0 N–H and O–H groups in total. The van der Waals surface area contributed by atoms with E-state index in [0.29, 0.717) is 0 Å². The molecule has 0 saturated carbocycles. The van der Waals surface area contributed by atoms with Crippen molar-refractivity contribution >= 4 is 0 Å². The Morgan fingerprint density at radius 1 is 0.618 bits per heavy atom. The summed E-state index contributed by atoms with van der Waals surface area (Å²) in [5, 5.41) is 0. The van der Waals surface area contributed by atoms with Crippen molar-refractivity contribution in [3.05, 3.63) is 132 Å². The predicted molar refractivity (Wildman–Crippen MR) is 137 cm³/mol. The molecule has 5 rings (SSSR count). The second kappa shape index (κ2) is 12.2. The minimum Gasteiger partial charge on any atom is -0.305 e. The smallest absolute Gasteiger partial charge is 0.0242 e. The van der Waals surface area contributed by atoms with Crippen molar-refractivity contribution in [1.29, 1.82) is 0 Å². The van der Waals surface area contributed by atoms with Gasteiger partial charge in [0.25, 0.3) is 0 Å². The number of rotatable bonds is 3. The third-order valence-corrected chi connectivity index (χ3v) is 5.32. The second-order valence-corrected chi connectivity index (χ2v) is 8.02. The van der Waals surface area contributed by atoms with E-state index in [1.807, 2.05) is 54.7 Å². The summed E-state index contributed by atoms with van der Waals surface area (Å²) >= 11 is 0. The zero-order valence-corrected chi connectivity index (χ0v) is 21.9. The van der Waals surface area contributed by atoms with E-state index in [0.717, 1.165) is 22.5 Å². The van der Waals surface area contributed by atoms with E-state index in [1.165, 1.54) is 27.8 Å². The first-order valence-corrected chi connectivity index (χ1v) is 11.0. The van der Waals surface area contributed by atoms with E-state index in [2.05, 4.69) is 85.3 Å². The van der Waals surface area contributed by atoms with Crippen molar-refractivity contribution < 1.29 is 20.1 Å². The molecule has 0 amide bonds. The molecule has 0 atom stereocenters. The first kappa shape index (κ1) is 25.2. The minimum atomic E-state index is 0. The molecule has 2 heterocycles. The van der Waals surface area contributed by atoms with Crippen LogP contribution in [0, 0.1) is 32.9 Å². The summed E-state index contributed by atoms with van der Waals surface area (Å²) < 4.78 is 0. The maximum atomic E-state index is 4.63. The summed E-state index contributed by atoms with van der Waals surface area (Å²) in [6, 6.07) is 36.9. The SMILES string of the molecule is Cc1cc[c-]c(-c2cc(C)c(-c3cccc(C)c3)cn2)c1.[Ir].[c-]1ccccc1-c1ccccn1. The van der Waals surface area contributed by atoms with Crippen molar-refractivity contribution in [2.75, 3.05) is 0 Å². The molecule has 0 saturated heterocycles. The van der Waals surface area contributed by atoms with Crippen LogP contribution in [0.25, 0.3) is 33.6 Å². The molecule has 2 aromatic heterocycles. The van der Waals surface area contributed by atoms with Crippen LogP contribution in [-0.2, 0) is 20.1 Å². The number of hydrogen-bond acceptors (Lipinski definition) is 2. The Bertz CT molecular complexity index is 1290. The van der Waals surface area contributed by atoms with Crippen molar-refractivity contribution in [2.24, 2.45) is 0 Å². The molecular formula is C31H26IrN2-2. The van der Waals surface area contributed by atoms with Gasteiger partial charge in [-0.2, -0.15) is 0 Å². The molecule has 3 heteroatoms. The van der Waals surface area contributed by atoms with Gasteiger partial charge in [-0.05, 0) is 42.4 Å². The summed E-state index contributed by atoms with van der Waals surface area (Å²) in [7, 11) is 0. The summed E-state index contributed by atoms with van der Waals surface area (Å²) in [5.41, 5.74) is 10.2. The van der Waals surface area contributed by atoms with Crippen molar-refractivity contribution in [3.8, 4) is 33.6 Å². The Kier molecular flexibility index (Phi) is 9.04. The van der Waals surface area contributed by atoms with Crippen LogP contribution in [0.4, 0.5) is 0 Å². The molecule has 171 valence electrons. The van der Waals surface area contributed by atoms with Gasteiger partial charge >= 0.3 is 0 Å². The van der Waals surface area contributed by atoms with Gasteiger partial charge < -0.3 is 9.97 Å². The summed E-state index contributed by atoms with van der Waals surface area (Å²) in [6.07, 6.45) is 3.76. The fourth-order valence-corrected chi connectivity index (χ4v) is 3.62. The van der Waals surface area contributed by atoms with Crippen LogP contribution < -0.4 is 0 Å². The van der Waals surface area contributed by atoms with Crippen molar-refractivity contribution in [2.45, 2.75) is 20.8 Å². The fourth-order valence-electron chi connectivity index (χ4n) is 3.62. The number of hydrogen-bond donors (Lipinski definition) is 0. The molecule has 1 radical (unpaired) electrons. The van der Waals surface area contributed by atoms with Gasteiger partial charge in [0.1, 0.15) is 0 Å². The fraction of sp³-hybridized carbons (Fsp3) is 0.0968. The van der Waals surface area contributed by atoms with Crippen LogP contribution in [0.3, 0.4) is 0 Å². The van der Waals surface area contributed by atoms with Gasteiger partial charge in [-0.1, -0.05) is 55.0 Å². The predicted octanol–water partition coefficient (Wildman–Crippen LogP) is 7.69. The van der Waals surface area contributed by atoms with Gasteiger partial charge in [0.05, 0.1) is 0 Å². The van der Waals surface area contributed by atoms with Crippen LogP contribution in [0.1, 0.15) is 16.7 Å². The molecular weight excluding hydrogens is 593 g/mol. The zero-order chi connectivity index (χ0) is 23.0. The first-order valence-electron chi connectivity index (χ1n) is 11.0. The van der Waals surface area contributed by atoms with Crippen LogP contribution in [0.2, 0.25) is 0 Å². The van der Waals surface area contributed by atoms with Gasteiger partial charge in [-0.15, -0.1) is 71.3 Å². The maximum Gasteiger partial charge on any atom is 0.0242 e. The number of aryl methyl sites for hydroxylation is 3. The van der Waals surface area contributed by atoms with E-state index in [-0.39, 0.29) is 20.1 Å². The largest absolute Gasteiger partial charge is 0.305 e. The molecule has 3 aromatic carbocycles. The van der Waals surface area contributed by atoms with E-state index in [4.69, 9.17) is 0 Å². The van der Waals surface area contributed by atoms with Gasteiger partial charge in [0, 0.05) is 38.1 Å². The summed E-state index contributed by atoms with van der Waals surface area (Å²) in [6.45, 7) is 6.34. The maximum absolute atomic E-state index is 4.63. The topological polar surface area (TPSA) is 25.8 Å². The molecule has 0 aliphatic heterocycles. The molecule has 0 fully saturated rings. The molecule has 0 unspecified atom stereocenters. The van der Waals surface area contributed by atoms with Crippen LogP contribution >= 0.6 is 0 Å². The third kappa shape index (κ3) is 6.57. The van der Waals surface area contributed by atoms with Crippen LogP contribution in [-0.4, -0.2) is 9.97 Å². The first-order chi connectivity index (χ1) is 16.1. The molecule has 0 spiro atoms. The summed E-state index contributed by atoms with van der Waals surface area (Å²) in [5.74, 6) is 0. The summed E-state index contributed by atoms with van der Waals surface area (Å²) in [4.78, 5) is 8.84. The van der Waals surface area contributed by atoms with Crippen LogP contribution in [0.15, 0.2) is 103 Å². The average molecular weight is 619 g/mol. The monoisotopic (exact) mass is 619 g/mol. The Labute approximate surface area is 216 Å². The standard InChI is InChI=1S/C20H18N.C11H8N.Ir/c1-14-6-4-8-17(10-14)19-13-21-20(12-16(19)3)18-9-5-7-15(2)11-18;1-2-6-10(7-3-1)11-8-4-5-9-12-11;/h4-8,10-13H,1-3H3;1-6,8-9H;/q2*-1;. The number of nitrogens with zero attached hydrogens (tertiary/aromatic N) is 2. The van der Waals surface area contributed by atoms with E-state index in [9.17, 15) is 0 Å². The van der Waals surface area contributed by atoms with Crippen LogP contribution in [0.5, 0.6) is 0 Å². The average Bonchev–Trinajstić information content (AvgIpc) is 2.85. The van der Waals surface area contributed by atoms with Gasteiger partial charge in [0.2, 0.25) is 0 Å². The number of aromatic nitrogens is 2. The Balaban J connectivity index is 0.000000212. The van der Waals surface area contributed by atoms with E-state index in [1.54, 1.807) is 6.20 Å². The Morgan fingerprint density at radius 2 is 1.41 bits per heavy atom. The molecule has 5 aromatic rings. The third-order valence-electron chi connectivity index (χ3n) is 5.32. The van der Waals surface area contributed by atoms with Crippen molar-refractivity contribution in [3.63, 3.8) is 0 Å². The van der Waals surface area contributed by atoms with Gasteiger partial charge in [0.15, 0.2) is 0 Å². The van der Waals surface area contributed by atoms with Gasteiger partial charge in [-0.25, -0.2) is 0 Å². The molecule has 0 aliphatic carbocycles. The normalized spacial score (nSPS) is 9.97. The quantitative estimate of drug-likeness (QED) is 0.194. The second-order valence-electron chi connectivity index (χ2n) is 8.02. The molecule has 0 aliphatic rings. The van der Waals surface area contributed by atoms with Crippen molar-refractivity contribution in [1.82, 2.24) is 9.97 Å². The number of benzene rings is 3. The van der Waals surface area contributed by atoms with E-state index >= 15 is 0 Å². The van der Waals surface area contributed by atoms with E-state index < -0.39 is 0 Å². The zero-order valence-electron chi connectivity index (χ0n) is 19.5. The Morgan fingerprint density at radius 3 is 2.09 bits per heavy atom. The molecule has 0 bridgehead atoms. The van der Waals surface area contributed by atoms with Gasteiger partial charge in [-0.3, -0.25) is 0 Å². The Hall–Kier alpha value is -3.39. The number of pyridine rings is 2.